The number of nitrogens with zero attached hydrogens (tertiary/aromatic N) is 4. The van der Waals surface area contributed by atoms with Crippen LogP contribution in [0.3, 0.4) is 0 Å². The van der Waals surface area contributed by atoms with Gasteiger partial charge in [-0.2, -0.15) is 9.40 Å². The average molecular weight is 465 g/mol. The first-order chi connectivity index (χ1) is 14.4. The molecule has 31 heavy (non-hydrogen) atoms. The summed E-state index contributed by atoms with van der Waals surface area (Å²) in [6.07, 6.45) is 3.12. The third kappa shape index (κ3) is 5.02. The number of aromatic nitrogens is 2. The summed E-state index contributed by atoms with van der Waals surface area (Å²) in [5, 5.41) is 4.69. The molecule has 0 radical (unpaired) electrons. The van der Waals surface area contributed by atoms with Crippen molar-refractivity contribution in [3.05, 3.63) is 52.3 Å². The normalized spacial score (nSPS) is 16.3. The molecule has 0 N–H and O–H groups in total. The molecule has 1 fully saturated rings. The SMILES string of the molecule is Cc1nn(C)c(Cl)c1/C=C/C(=O)N1CCN(S(=O)(=O)c2ccc(C(C)(C)C)cc2)CC1. The molecule has 0 spiro atoms. The van der Waals surface area contributed by atoms with Crippen molar-refractivity contribution in [3.63, 3.8) is 0 Å². The van der Waals surface area contributed by atoms with Gasteiger partial charge in [-0.05, 0) is 36.1 Å². The van der Waals surface area contributed by atoms with Gasteiger partial charge in [0.25, 0.3) is 0 Å². The van der Waals surface area contributed by atoms with E-state index in [1.807, 2.05) is 19.1 Å². The highest BCUT2D eigenvalue weighted by molar-refractivity contribution is 7.89. The maximum absolute atomic E-state index is 13.0. The van der Waals surface area contributed by atoms with Gasteiger partial charge in [0.05, 0.1) is 10.6 Å². The first-order valence-electron chi connectivity index (χ1n) is 10.2. The van der Waals surface area contributed by atoms with Gasteiger partial charge in [0.2, 0.25) is 15.9 Å². The number of carbonyl (C=O) groups excluding carboxylic acids is 1. The molecule has 168 valence electrons. The number of piperazine rings is 1. The van der Waals surface area contributed by atoms with Crippen molar-refractivity contribution in [2.45, 2.75) is 38.0 Å². The molecule has 7 nitrogen and oxygen atoms in total. The van der Waals surface area contributed by atoms with Crippen LogP contribution in [0.5, 0.6) is 0 Å². The first-order valence-corrected chi connectivity index (χ1v) is 12.0. The topological polar surface area (TPSA) is 75.5 Å². The van der Waals surface area contributed by atoms with Crippen LogP contribution in [0.4, 0.5) is 0 Å². The lowest BCUT2D eigenvalue weighted by Gasteiger charge is -2.33. The summed E-state index contributed by atoms with van der Waals surface area (Å²) in [5.74, 6) is -0.175. The van der Waals surface area contributed by atoms with Gasteiger partial charge in [-0.15, -0.1) is 0 Å². The minimum absolute atomic E-state index is 0.0413. The molecule has 1 aromatic heterocycles. The molecule has 1 aliphatic rings. The molecule has 1 aliphatic heterocycles. The Morgan fingerprint density at radius 1 is 1.10 bits per heavy atom. The second kappa shape index (κ2) is 8.76. The predicted molar refractivity (Wildman–Crippen MR) is 122 cm³/mol. The number of amides is 1. The Bertz CT molecular complexity index is 1090. The van der Waals surface area contributed by atoms with E-state index in [1.165, 1.54) is 10.4 Å². The third-order valence-corrected chi connectivity index (χ3v) is 7.86. The van der Waals surface area contributed by atoms with Crippen LogP contribution < -0.4 is 0 Å². The Balaban J connectivity index is 1.64. The van der Waals surface area contributed by atoms with Crippen LogP contribution in [0.25, 0.3) is 6.08 Å². The average Bonchev–Trinajstić information content (AvgIpc) is 2.97. The number of halogens is 1. The number of hydrogen-bond acceptors (Lipinski definition) is 4. The van der Waals surface area contributed by atoms with Crippen LogP contribution in [0.15, 0.2) is 35.2 Å². The fraction of sp³-hybridized carbons (Fsp3) is 0.455. The number of hydrogen-bond donors (Lipinski definition) is 0. The molecule has 0 atom stereocenters. The number of carbonyl (C=O) groups is 1. The Kier molecular flexibility index (Phi) is 6.64. The van der Waals surface area contributed by atoms with Gasteiger partial charge in [0.15, 0.2) is 0 Å². The van der Waals surface area contributed by atoms with Gasteiger partial charge >= 0.3 is 0 Å². The van der Waals surface area contributed by atoms with Crippen molar-refractivity contribution in [2.24, 2.45) is 7.05 Å². The number of benzene rings is 1. The summed E-state index contributed by atoms with van der Waals surface area (Å²) >= 11 is 6.20. The van der Waals surface area contributed by atoms with E-state index >= 15 is 0 Å². The van der Waals surface area contributed by atoms with Crippen molar-refractivity contribution in [3.8, 4) is 0 Å². The van der Waals surface area contributed by atoms with Crippen LogP contribution in [-0.2, 0) is 27.3 Å². The van der Waals surface area contributed by atoms with Crippen LogP contribution in [-0.4, -0.2) is 59.5 Å². The van der Waals surface area contributed by atoms with Gasteiger partial charge < -0.3 is 4.90 Å². The summed E-state index contributed by atoms with van der Waals surface area (Å²) in [7, 11) is -1.85. The Morgan fingerprint density at radius 3 is 2.16 bits per heavy atom. The highest BCUT2D eigenvalue weighted by Crippen LogP contribution is 2.25. The maximum Gasteiger partial charge on any atom is 0.246 e. The van der Waals surface area contributed by atoms with Gasteiger partial charge in [-0.1, -0.05) is 44.5 Å². The zero-order valence-corrected chi connectivity index (χ0v) is 20.2. The number of aryl methyl sites for hydroxylation is 2. The number of sulfonamides is 1. The summed E-state index contributed by atoms with van der Waals surface area (Å²) in [5.41, 5.74) is 2.49. The standard InChI is InChI=1S/C22H29ClN4O3S/c1-16-19(21(23)25(5)24-16)10-11-20(28)26-12-14-27(15-13-26)31(29,30)18-8-6-17(7-9-18)22(2,3)4/h6-11H,12-15H2,1-5H3/b11-10+. The van der Waals surface area contributed by atoms with E-state index in [0.29, 0.717) is 23.8 Å². The monoisotopic (exact) mass is 464 g/mol. The molecule has 1 amide bonds. The molecular formula is C22H29ClN4O3S. The number of rotatable bonds is 4. The van der Waals surface area contributed by atoms with E-state index in [-0.39, 0.29) is 29.3 Å². The quantitative estimate of drug-likeness (QED) is 0.651. The van der Waals surface area contributed by atoms with E-state index in [4.69, 9.17) is 11.6 Å². The Labute approximate surface area is 189 Å². The van der Waals surface area contributed by atoms with Crippen molar-refractivity contribution in [2.75, 3.05) is 26.2 Å². The summed E-state index contributed by atoms with van der Waals surface area (Å²) in [6.45, 7) is 9.28. The van der Waals surface area contributed by atoms with Crippen LogP contribution in [0.2, 0.25) is 5.15 Å². The Hall–Kier alpha value is -2.16. The van der Waals surface area contributed by atoms with Crippen LogP contribution >= 0.6 is 11.6 Å². The predicted octanol–water partition coefficient (Wildman–Crippen LogP) is 3.23. The van der Waals surface area contributed by atoms with E-state index < -0.39 is 10.0 Å². The molecule has 0 bridgehead atoms. The maximum atomic E-state index is 13.0. The van der Waals surface area contributed by atoms with Crippen LogP contribution in [0.1, 0.15) is 37.6 Å². The van der Waals surface area contributed by atoms with Gasteiger partial charge in [0, 0.05) is 44.9 Å². The Morgan fingerprint density at radius 2 is 1.68 bits per heavy atom. The summed E-state index contributed by atoms with van der Waals surface area (Å²) in [4.78, 5) is 14.5. The van der Waals surface area contributed by atoms with Crippen molar-refractivity contribution >= 4 is 33.6 Å². The lowest BCUT2D eigenvalue weighted by Crippen LogP contribution is -2.50. The minimum Gasteiger partial charge on any atom is -0.337 e. The van der Waals surface area contributed by atoms with Crippen molar-refractivity contribution in [1.29, 1.82) is 0 Å². The second-order valence-corrected chi connectivity index (χ2v) is 11.0. The molecular weight excluding hydrogens is 436 g/mol. The fourth-order valence-electron chi connectivity index (χ4n) is 3.52. The van der Waals surface area contributed by atoms with Crippen molar-refractivity contribution < 1.29 is 13.2 Å². The minimum atomic E-state index is -3.59. The molecule has 9 heteroatoms. The van der Waals surface area contributed by atoms with E-state index in [9.17, 15) is 13.2 Å². The van der Waals surface area contributed by atoms with Gasteiger partial charge in [0.1, 0.15) is 5.15 Å². The smallest absolute Gasteiger partial charge is 0.246 e. The molecule has 2 heterocycles. The molecule has 0 unspecified atom stereocenters. The zero-order valence-electron chi connectivity index (χ0n) is 18.6. The molecule has 0 aliphatic carbocycles. The van der Waals surface area contributed by atoms with E-state index in [0.717, 1.165) is 11.3 Å². The van der Waals surface area contributed by atoms with E-state index in [2.05, 4.69) is 25.9 Å². The third-order valence-electron chi connectivity index (χ3n) is 5.50. The van der Waals surface area contributed by atoms with Gasteiger partial charge in [-0.25, -0.2) is 8.42 Å². The second-order valence-electron chi connectivity index (χ2n) is 8.75. The van der Waals surface area contributed by atoms with Gasteiger partial charge in [-0.3, -0.25) is 9.48 Å². The molecule has 0 saturated carbocycles. The molecule has 1 aromatic carbocycles. The zero-order chi connectivity index (χ0) is 23.0. The lowest BCUT2D eigenvalue weighted by atomic mass is 9.87. The largest absolute Gasteiger partial charge is 0.337 e. The highest BCUT2D eigenvalue weighted by atomic mass is 35.5. The van der Waals surface area contributed by atoms with Crippen molar-refractivity contribution in [1.82, 2.24) is 19.0 Å². The molecule has 2 aromatic rings. The first kappa shape index (κ1) is 23.5. The fourth-order valence-corrected chi connectivity index (χ4v) is 5.18. The van der Waals surface area contributed by atoms with Crippen LogP contribution in [0, 0.1) is 6.92 Å². The summed E-state index contributed by atoms with van der Waals surface area (Å²) < 4.78 is 29.0. The molecule has 1 saturated heterocycles. The highest BCUT2D eigenvalue weighted by Gasteiger charge is 2.30. The summed E-state index contributed by atoms with van der Waals surface area (Å²) in [6, 6.07) is 7.05. The lowest BCUT2D eigenvalue weighted by molar-refractivity contribution is -0.127. The molecule has 3 rings (SSSR count). The van der Waals surface area contributed by atoms with E-state index in [1.54, 1.807) is 34.8 Å².